The molecule has 0 radical (unpaired) electrons. The van der Waals surface area contributed by atoms with Crippen LogP contribution in [0.3, 0.4) is 0 Å². The predicted octanol–water partition coefficient (Wildman–Crippen LogP) is 10.6. The Balaban J connectivity index is 1.77. The van der Waals surface area contributed by atoms with Gasteiger partial charge in [0, 0.05) is 16.8 Å². The van der Waals surface area contributed by atoms with Gasteiger partial charge in [0.05, 0.1) is 22.9 Å². The highest BCUT2D eigenvalue weighted by Gasteiger charge is 2.46. The van der Waals surface area contributed by atoms with Crippen LogP contribution in [0.5, 0.6) is 0 Å². The predicted molar refractivity (Wildman–Crippen MR) is 165 cm³/mol. The molecule has 1 unspecified atom stereocenters. The lowest BCUT2D eigenvalue weighted by Gasteiger charge is -2.45. The normalized spacial score (nSPS) is 21.4. The van der Waals surface area contributed by atoms with Crippen molar-refractivity contribution in [3.05, 3.63) is 69.5 Å². The van der Waals surface area contributed by atoms with E-state index in [1.807, 2.05) is 0 Å². The number of pyridine rings is 1. The largest absolute Gasteiger partial charge is 0.416 e. The molecule has 228 valence electrons. The Kier molecular flexibility index (Phi) is 8.19. The molecule has 1 aromatic carbocycles. The zero-order valence-electron chi connectivity index (χ0n) is 26.3. The second kappa shape index (κ2) is 11.0. The molecule has 0 N–H and O–H groups in total. The van der Waals surface area contributed by atoms with Crippen LogP contribution in [0.2, 0.25) is 18.1 Å². The Bertz CT molecular complexity index is 1380. The molecule has 1 atom stereocenters. The third-order valence-electron chi connectivity index (χ3n) is 10.1. The van der Waals surface area contributed by atoms with Gasteiger partial charge in [0.25, 0.3) is 0 Å². The average Bonchev–Trinajstić information content (AvgIpc) is 3.60. The second-order valence-electron chi connectivity index (χ2n) is 15.0. The Morgan fingerprint density at radius 1 is 1.00 bits per heavy atom. The zero-order chi connectivity index (χ0) is 30.7. The summed E-state index contributed by atoms with van der Waals surface area (Å²) < 4.78 is 47.4. The first kappa shape index (κ1) is 31.2. The summed E-state index contributed by atoms with van der Waals surface area (Å²) in [6, 6.07) is 4.72. The van der Waals surface area contributed by atoms with Crippen molar-refractivity contribution < 1.29 is 22.4 Å². The van der Waals surface area contributed by atoms with E-state index in [2.05, 4.69) is 53.8 Å². The van der Waals surface area contributed by atoms with Crippen molar-refractivity contribution in [2.45, 2.75) is 129 Å². The third-order valence-corrected chi connectivity index (χ3v) is 14.6. The van der Waals surface area contributed by atoms with Gasteiger partial charge in [-0.25, -0.2) is 0 Å². The maximum atomic E-state index is 14.5. The molecule has 7 heteroatoms. The standard InChI is InChI=1S/C35H46F3NO2Si/c1-33(2,3)42(6,7)41-27-21-34(4,5)20-26-29(27)28(22-12-8-9-13-22)30(31(39-26)23-14-10-11-15-23)32(40)24-16-18-25(19-17-24)35(36,37)38/h14,16-19,22,27H,8-13,15,20-21H2,1-7H3. The Morgan fingerprint density at radius 3 is 2.19 bits per heavy atom. The number of benzene rings is 1. The number of aromatic nitrogens is 1. The van der Waals surface area contributed by atoms with Crippen LogP contribution in [0.4, 0.5) is 13.2 Å². The molecule has 5 rings (SSSR count). The van der Waals surface area contributed by atoms with Crippen LogP contribution >= 0.6 is 0 Å². The van der Waals surface area contributed by atoms with Crippen molar-refractivity contribution in [2.24, 2.45) is 5.41 Å². The molecular weight excluding hydrogens is 551 g/mol. The fourth-order valence-corrected chi connectivity index (χ4v) is 8.13. The molecule has 0 spiro atoms. The van der Waals surface area contributed by atoms with Gasteiger partial charge < -0.3 is 4.43 Å². The molecule has 0 aliphatic heterocycles. The third kappa shape index (κ3) is 6.06. The van der Waals surface area contributed by atoms with Crippen molar-refractivity contribution in [1.29, 1.82) is 0 Å². The molecule has 1 aromatic heterocycles. The van der Waals surface area contributed by atoms with Crippen LogP contribution in [-0.4, -0.2) is 19.1 Å². The number of rotatable bonds is 6. The number of ketones is 1. The fourth-order valence-electron chi connectivity index (χ4n) is 6.87. The second-order valence-corrected chi connectivity index (χ2v) is 19.8. The molecule has 1 fully saturated rings. The summed E-state index contributed by atoms with van der Waals surface area (Å²) in [6.45, 7) is 15.9. The summed E-state index contributed by atoms with van der Waals surface area (Å²) in [7, 11) is -2.19. The van der Waals surface area contributed by atoms with E-state index in [-0.39, 0.29) is 33.8 Å². The number of fused-ring (bicyclic) bond motifs is 1. The molecule has 2 aromatic rings. The molecule has 1 heterocycles. The minimum Gasteiger partial charge on any atom is -0.410 e. The Hall–Kier alpha value is -2.25. The van der Waals surface area contributed by atoms with E-state index in [0.29, 0.717) is 5.56 Å². The summed E-state index contributed by atoms with van der Waals surface area (Å²) >= 11 is 0. The summed E-state index contributed by atoms with van der Waals surface area (Å²) in [5, 5.41) is 0.0170. The number of hydrogen-bond acceptors (Lipinski definition) is 3. The van der Waals surface area contributed by atoms with E-state index in [0.717, 1.165) is 98.0 Å². The van der Waals surface area contributed by atoms with Crippen LogP contribution in [0, 0.1) is 5.41 Å². The number of alkyl halides is 3. The van der Waals surface area contributed by atoms with E-state index in [9.17, 15) is 18.0 Å². The van der Waals surface area contributed by atoms with Gasteiger partial charge in [-0.3, -0.25) is 9.78 Å². The molecule has 0 amide bonds. The zero-order valence-corrected chi connectivity index (χ0v) is 27.3. The Labute approximate surface area is 250 Å². The highest BCUT2D eigenvalue weighted by Crippen LogP contribution is 2.52. The maximum Gasteiger partial charge on any atom is 0.416 e. The van der Waals surface area contributed by atoms with Crippen LogP contribution in [0.1, 0.15) is 142 Å². The molecule has 0 saturated heterocycles. The van der Waals surface area contributed by atoms with E-state index >= 15 is 0 Å². The summed E-state index contributed by atoms with van der Waals surface area (Å²) in [4.78, 5) is 19.9. The molecule has 1 saturated carbocycles. The topological polar surface area (TPSA) is 39.2 Å². The van der Waals surface area contributed by atoms with E-state index in [4.69, 9.17) is 9.41 Å². The van der Waals surface area contributed by atoms with Crippen LogP contribution < -0.4 is 0 Å². The highest BCUT2D eigenvalue weighted by atomic mass is 28.4. The monoisotopic (exact) mass is 597 g/mol. The van der Waals surface area contributed by atoms with Crippen LogP contribution in [0.15, 0.2) is 30.3 Å². The average molecular weight is 598 g/mol. The summed E-state index contributed by atoms with van der Waals surface area (Å²) in [5.74, 6) is -0.0118. The minimum atomic E-state index is -4.45. The molecule has 3 aliphatic rings. The van der Waals surface area contributed by atoms with E-state index in [1.165, 1.54) is 12.1 Å². The number of hydrogen-bond donors (Lipinski definition) is 0. The van der Waals surface area contributed by atoms with Gasteiger partial charge in [0.2, 0.25) is 0 Å². The Morgan fingerprint density at radius 2 is 1.64 bits per heavy atom. The van der Waals surface area contributed by atoms with E-state index < -0.39 is 20.1 Å². The van der Waals surface area contributed by atoms with Gasteiger partial charge in [0.1, 0.15) is 0 Å². The van der Waals surface area contributed by atoms with Gasteiger partial charge in [-0.15, -0.1) is 0 Å². The smallest absolute Gasteiger partial charge is 0.410 e. The van der Waals surface area contributed by atoms with Gasteiger partial charge >= 0.3 is 6.18 Å². The fraction of sp³-hybridized carbons (Fsp3) is 0.600. The van der Waals surface area contributed by atoms with Crippen molar-refractivity contribution in [3.8, 4) is 0 Å². The number of halogens is 3. The van der Waals surface area contributed by atoms with Crippen LogP contribution in [0.25, 0.3) is 5.57 Å². The van der Waals surface area contributed by atoms with Gasteiger partial charge in [-0.1, -0.05) is 65.7 Å². The van der Waals surface area contributed by atoms with Gasteiger partial charge in [0.15, 0.2) is 14.1 Å². The first-order chi connectivity index (χ1) is 19.5. The first-order valence-corrected chi connectivity index (χ1v) is 18.6. The lowest BCUT2D eigenvalue weighted by molar-refractivity contribution is -0.137. The number of carbonyl (C=O) groups excluding carboxylic acids is 1. The molecule has 42 heavy (non-hydrogen) atoms. The lowest BCUT2D eigenvalue weighted by Crippen LogP contribution is -2.44. The van der Waals surface area contributed by atoms with Crippen LogP contribution in [-0.2, 0) is 17.0 Å². The van der Waals surface area contributed by atoms with Crippen molar-refractivity contribution in [3.63, 3.8) is 0 Å². The van der Waals surface area contributed by atoms with Gasteiger partial charge in [-0.2, -0.15) is 13.2 Å². The van der Waals surface area contributed by atoms with E-state index in [1.54, 1.807) is 0 Å². The number of carbonyl (C=O) groups is 1. The molecular formula is C35H46F3NO2Si. The quantitative estimate of drug-likeness (QED) is 0.246. The van der Waals surface area contributed by atoms with Crippen molar-refractivity contribution in [2.75, 3.05) is 0 Å². The lowest BCUT2D eigenvalue weighted by atomic mass is 9.70. The summed E-state index contributed by atoms with van der Waals surface area (Å²) in [6.07, 6.45) is 6.27. The number of allylic oxidation sites excluding steroid dienone is 2. The first-order valence-electron chi connectivity index (χ1n) is 15.6. The van der Waals surface area contributed by atoms with Crippen molar-refractivity contribution in [1.82, 2.24) is 4.98 Å². The summed E-state index contributed by atoms with van der Waals surface area (Å²) in [5.41, 5.74) is 5.19. The highest BCUT2D eigenvalue weighted by molar-refractivity contribution is 6.74. The molecule has 0 bridgehead atoms. The maximum absolute atomic E-state index is 14.5. The molecule has 3 nitrogen and oxygen atoms in total. The molecule has 3 aliphatic carbocycles. The van der Waals surface area contributed by atoms with Gasteiger partial charge in [-0.05, 0) is 97.7 Å². The van der Waals surface area contributed by atoms with Crippen molar-refractivity contribution >= 4 is 19.7 Å². The minimum absolute atomic E-state index is 0.0136. The number of nitrogens with zero attached hydrogens (tertiary/aromatic N) is 1. The SMILES string of the molecule is CC1(C)Cc2nc(C3=CCCC3)c(C(=O)c3ccc(C(F)(F)F)cc3)c(C3CCCC3)c2C(O[Si](C)(C)C(C)(C)C)C1.